The SMILES string of the molecule is Cc1nc([C@@H]2CCCN(C(=O)c3ccc(NC4CC4)nc3)C2)no1. The number of anilines is 1. The number of rotatable bonds is 4. The number of piperidine rings is 1. The number of amides is 1. The third-order valence-corrected chi connectivity index (χ3v) is 4.56. The quantitative estimate of drug-likeness (QED) is 0.928. The number of nitrogens with zero attached hydrogens (tertiary/aromatic N) is 4. The maximum atomic E-state index is 12.7. The molecule has 1 atom stereocenters. The zero-order chi connectivity index (χ0) is 16.5. The molecule has 1 saturated carbocycles. The van der Waals surface area contributed by atoms with Crippen LogP contribution in [0.2, 0.25) is 0 Å². The van der Waals surface area contributed by atoms with Crippen molar-refractivity contribution >= 4 is 11.7 Å². The van der Waals surface area contributed by atoms with Gasteiger partial charge in [-0.2, -0.15) is 4.98 Å². The third kappa shape index (κ3) is 3.25. The Morgan fingerprint density at radius 1 is 1.33 bits per heavy atom. The zero-order valence-electron chi connectivity index (χ0n) is 13.7. The van der Waals surface area contributed by atoms with E-state index in [0.29, 0.717) is 29.9 Å². The minimum Gasteiger partial charge on any atom is -0.367 e. The van der Waals surface area contributed by atoms with Crippen LogP contribution in [0.4, 0.5) is 5.82 Å². The molecule has 2 aliphatic rings. The Labute approximate surface area is 140 Å². The average Bonchev–Trinajstić information content (AvgIpc) is 3.32. The second-order valence-electron chi connectivity index (χ2n) is 6.61. The molecule has 1 saturated heterocycles. The number of hydrogen-bond acceptors (Lipinski definition) is 6. The second kappa shape index (κ2) is 6.22. The Morgan fingerprint density at radius 3 is 2.88 bits per heavy atom. The summed E-state index contributed by atoms with van der Waals surface area (Å²) in [5.41, 5.74) is 0.626. The van der Waals surface area contributed by atoms with Crippen molar-refractivity contribution in [2.75, 3.05) is 18.4 Å². The van der Waals surface area contributed by atoms with Crippen LogP contribution >= 0.6 is 0 Å². The predicted octanol–water partition coefficient (Wildman–Crippen LogP) is 2.37. The van der Waals surface area contributed by atoms with E-state index in [1.54, 1.807) is 13.1 Å². The first kappa shape index (κ1) is 15.1. The van der Waals surface area contributed by atoms with Crippen LogP contribution in [-0.2, 0) is 0 Å². The first-order valence-electron chi connectivity index (χ1n) is 8.51. The Morgan fingerprint density at radius 2 is 2.21 bits per heavy atom. The molecule has 3 heterocycles. The van der Waals surface area contributed by atoms with Crippen molar-refractivity contribution in [3.63, 3.8) is 0 Å². The molecule has 0 spiro atoms. The van der Waals surface area contributed by atoms with E-state index in [2.05, 4.69) is 20.4 Å². The van der Waals surface area contributed by atoms with Gasteiger partial charge in [0.25, 0.3) is 5.91 Å². The van der Waals surface area contributed by atoms with Crippen LogP contribution in [0.25, 0.3) is 0 Å². The normalized spacial score (nSPS) is 20.9. The number of nitrogens with one attached hydrogen (secondary N) is 1. The van der Waals surface area contributed by atoms with E-state index in [9.17, 15) is 4.79 Å². The molecule has 7 nitrogen and oxygen atoms in total. The smallest absolute Gasteiger partial charge is 0.255 e. The summed E-state index contributed by atoms with van der Waals surface area (Å²) >= 11 is 0. The highest BCUT2D eigenvalue weighted by Gasteiger charge is 2.28. The molecule has 0 aromatic carbocycles. The highest BCUT2D eigenvalue weighted by atomic mass is 16.5. The molecule has 0 radical (unpaired) electrons. The topological polar surface area (TPSA) is 84.2 Å². The fraction of sp³-hybridized carbons (Fsp3) is 0.529. The van der Waals surface area contributed by atoms with Gasteiger partial charge in [0.1, 0.15) is 5.82 Å². The summed E-state index contributed by atoms with van der Waals surface area (Å²) in [4.78, 5) is 23.3. The van der Waals surface area contributed by atoms with Crippen LogP contribution in [0.5, 0.6) is 0 Å². The van der Waals surface area contributed by atoms with Gasteiger partial charge in [0.15, 0.2) is 5.82 Å². The van der Waals surface area contributed by atoms with Crippen molar-refractivity contribution in [1.29, 1.82) is 0 Å². The van der Waals surface area contributed by atoms with Crippen molar-refractivity contribution in [3.8, 4) is 0 Å². The highest BCUT2D eigenvalue weighted by molar-refractivity contribution is 5.94. The molecule has 2 aromatic rings. The van der Waals surface area contributed by atoms with Gasteiger partial charge in [-0.3, -0.25) is 4.79 Å². The summed E-state index contributed by atoms with van der Waals surface area (Å²) in [5, 5.41) is 7.34. The fourth-order valence-corrected chi connectivity index (χ4v) is 3.08. The lowest BCUT2D eigenvalue weighted by molar-refractivity contribution is 0.0703. The van der Waals surface area contributed by atoms with Crippen molar-refractivity contribution < 1.29 is 9.32 Å². The molecular weight excluding hydrogens is 306 g/mol. The van der Waals surface area contributed by atoms with Gasteiger partial charge in [-0.1, -0.05) is 5.16 Å². The van der Waals surface area contributed by atoms with Crippen LogP contribution < -0.4 is 5.32 Å². The number of carbonyl (C=O) groups excluding carboxylic acids is 1. The van der Waals surface area contributed by atoms with E-state index in [0.717, 1.165) is 25.2 Å². The average molecular weight is 327 g/mol. The second-order valence-corrected chi connectivity index (χ2v) is 6.61. The largest absolute Gasteiger partial charge is 0.367 e. The van der Waals surface area contributed by atoms with Crippen LogP contribution in [0.1, 0.15) is 53.7 Å². The Hall–Kier alpha value is -2.44. The number of hydrogen-bond donors (Lipinski definition) is 1. The lowest BCUT2D eigenvalue weighted by atomic mass is 9.97. The summed E-state index contributed by atoms with van der Waals surface area (Å²) in [6.07, 6.45) is 5.99. The molecule has 0 bridgehead atoms. The van der Waals surface area contributed by atoms with Gasteiger partial charge in [-0.05, 0) is 37.8 Å². The highest BCUT2D eigenvalue weighted by Crippen LogP contribution is 2.26. The van der Waals surface area contributed by atoms with Gasteiger partial charge in [0.05, 0.1) is 5.56 Å². The van der Waals surface area contributed by atoms with Crippen molar-refractivity contribution in [1.82, 2.24) is 20.0 Å². The Bertz CT molecular complexity index is 723. The molecule has 2 fully saturated rings. The predicted molar refractivity (Wildman–Crippen MR) is 87.8 cm³/mol. The lowest BCUT2D eigenvalue weighted by Crippen LogP contribution is -2.39. The Kier molecular flexibility index (Phi) is 3.92. The standard InChI is InChI=1S/C17H21N5O2/c1-11-19-16(21-24-11)13-3-2-8-22(10-13)17(23)12-4-7-15(18-9-12)20-14-5-6-14/h4,7,9,13-14H,2-3,5-6,8,10H2,1H3,(H,18,20)/t13-/m1/s1. The van der Waals surface area contributed by atoms with Gasteiger partial charge in [0.2, 0.25) is 5.89 Å². The molecule has 7 heteroatoms. The van der Waals surface area contributed by atoms with Gasteiger partial charge >= 0.3 is 0 Å². The fourth-order valence-electron chi connectivity index (χ4n) is 3.08. The van der Waals surface area contributed by atoms with Crippen LogP contribution in [0.3, 0.4) is 0 Å². The molecule has 0 unspecified atom stereocenters. The first-order chi connectivity index (χ1) is 11.7. The maximum absolute atomic E-state index is 12.7. The van der Waals surface area contributed by atoms with Crippen LogP contribution in [0, 0.1) is 6.92 Å². The lowest BCUT2D eigenvalue weighted by Gasteiger charge is -2.31. The van der Waals surface area contributed by atoms with E-state index in [-0.39, 0.29) is 11.8 Å². The summed E-state index contributed by atoms with van der Waals surface area (Å²) in [5.74, 6) is 2.27. The van der Waals surface area contributed by atoms with E-state index < -0.39 is 0 Å². The minimum absolute atomic E-state index is 0.0189. The molecule has 1 N–H and O–H groups in total. The van der Waals surface area contributed by atoms with Gasteiger partial charge in [-0.25, -0.2) is 4.98 Å². The van der Waals surface area contributed by atoms with E-state index in [1.807, 2.05) is 17.0 Å². The Balaban J connectivity index is 1.43. The van der Waals surface area contributed by atoms with E-state index in [4.69, 9.17) is 4.52 Å². The van der Waals surface area contributed by atoms with Gasteiger partial charge in [0, 0.05) is 38.2 Å². The maximum Gasteiger partial charge on any atom is 0.255 e. The number of pyridine rings is 1. The van der Waals surface area contributed by atoms with Crippen molar-refractivity contribution in [2.45, 2.75) is 44.6 Å². The third-order valence-electron chi connectivity index (χ3n) is 4.56. The van der Waals surface area contributed by atoms with Gasteiger partial charge in [-0.15, -0.1) is 0 Å². The molecule has 1 aliphatic heterocycles. The monoisotopic (exact) mass is 327 g/mol. The van der Waals surface area contributed by atoms with Gasteiger partial charge < -0.3 is 14.7 Å². The summed E-state index contributed by atoms with van der Waals surface area (Å²) in [6.45, 7) is 3.17. The molecular formula is C17H21N5O2. The molecule has 126 valence electrons. The van der Waals surface area contributed by atoms with Crippen molar-refractivity contribution in [2.24, 2.45) is 0 Å². The summed E-state index contributed by atoms with van der Waals surface area (Å²) in [7, 11) is 0. The molecule has 4 rings (SSSR count). The minimum atomic E-state index is 0.0189. The summed E-state index contributed by atoms with van der Waals surface area (Å²) in [6, 6.07) is 4.29. The zero-order valence-corrected chi connectivity index (χ0v) is 13.7. The van der Waals surface area contributed by atoms with E-state index >= 15 is 0 Å². The molecule has 1 aliphatic carbocycles. The number of likely N-dealkylation sites (tertiary alicyclic amines) is 1. The van der Waals surface area contributed by atoms with Crippen LogP contribution in [-0.4, -0.2) is 45.1 Å². The van der Waals surface area contributed by atoms with Crippen LogP contribution in [0.15, 0.2) is 22.9 Å². The molecule has 24 heavy (non-hydrogen) atoms. The number of aromatic nitrogens is 3. The summed E-state index contributed by atoms with van der Waals surface area (Å²) < 4.78 is 5.07. The van der Waals surface area contributed by atoms with Crippen molar-refractivity contribution in [3.05, 3.63) is 35.6 Å². The van der Waals surface area contributed by atoms with E-state index in [1.165, 1.54) is 12.8 Å². The molecule has 1 amide bonds. The number of aryl methyl sites for hydroxylation is 1. The number of carbonyl (C=O) groups is 1. The first-order valence-corrected chi connectivity index (χ1v) is 8.51. The molecule has 2 aromatic heterocycles.